The molecule has 0 aromatic carbocycles. The van der Waals surface area contributed by atoms with Gasteiger partial charge in [0.05, 0.1) is 13.2 Å². The van der Waals surface area contributed by atoms with Gasteiger partial charge in [0, 0.05) is 44.5 Å². The smallest absolute Gasteiger partial charge is 0.191 e. The molecule has 7 heteroatoms. The lowest BCUT2D eigenvalue weighted by Gasteiger charge is -2.24. The van der Waals surface area contributed by atoms with Crippen LogP contribution >= 0.6 is 35.7 Å². The minimum Gasteiger partial charge on any atom is -0.381 e. The standard InChI is InChI=1S/C15H29N3O2S.HI/c1-16-15(18-14-4-2-9-21-12-14)17-6-3-7-19-10-13-5-8-20-11-13;/h13-14H,2-12H2,1H3,(H2,16,17,18);1H. The molecular formula is C15H30IN3O2S. The lowest BCUT2D eigenvalue weighted by Crippen LogP contribution is -2.45. The molecule has 0 aromatic rings. The van der Waals surface area contributed by atoms with Crippen molar-refractivity contribution in [2.45, 2.75) is 31.7 Å². The normalized spacial score (nSPS) is 25.6. The highest BCUT2D eigenvalue weighted by Gasteiger charge is 2.16. The van der Waals surface area contributed by atoms with Gasteiger partial charge in [-0.15, -0.1) is 24.0 Å². The van der Waals surface area contributed by atoms with Crippen LogP contribution in [0.25, 0.3) is 0 Å². The number of guanidine groups is 1. The van der Waals surface area contributed by atoms with Crippen LogP contribution in [-0.2, 0) is 9.47 Å². The Balaban J connectivity index is 0.00000242. The SMILES string of the molecule is CN=C(NCCCOCC1CCOC1)NC1CCCSC1.I. The molecule has 5 nitrogen and oxygen atoms in total. The van der Waals surface area contributed by atoms with Gasteiger partial charge in [0.15, 0.2) is 5.96 Å². The Hall–Kier alpha value is 0.270. The number of nitrogens with one attached hydrogen (secondary N) is 2. The molecule has 0 aromatic heterocycles. The van der Waals surface area contributed by atoms with Gasteiger partial charge in [-0.25, -0.2) is 0 Å². The van der Waals surface area contributed by atoms with Gasteiger partial charge in [-0.1, -0.05) is 0 Å². The van der Waals surface area contributed by atoms with Crippen molar-refractivity contribution in [3.05, 3.63) is 0 Å². The third-order valence-electron chi connectivity index (χ3n) is 3.86. The van der Waals surface area contributed by atoms with E-state index in [2.05, 4.69) is 15.6 Å². The van der Waals surface area contributed by atoms with Crippen molar-refractivity contribution in [3.8, 4) is 0 Å². The largest absolute Gasteiger partial charge is 0.381 e. The van der Waals surface area contributed by atoms with Crippen LogP contribution < -0.4 is 10.6 Å². The average molecular weight is 443 g/mol. The third kappa shape index (κ3) is 8.21. The monoisotopic (exact) mass is 443 g/mol. The number of thioether (sulfide) groups is 1. The summed E-state index contributed by atoms with van der Waals surface area (Å²) in [6.07, 6.45) is 4.71. The highest BCUT2D eigenvalue weighted by molar-refractivity contribution is 14.0. The second-order valence-corrected chi connectivity index (χ2v) is 6.87. The number of hydrogen-bond acceptors (Lipinski definition) is 4. The molecule has 2 atom stereocenters. The van der Waals surface area contributed by atoms with Crippen LogP contribution in [0.15, 0.2) is 4.99 Å². The Bertz CT molecular complexity index is 309. The van der Waals surface area contributed by atoms with Gasteiger partial charge in [-0.2, -0.15) is 11.8 Å². The molecule has 0 amide bonds. The van der Waals surface area contributed by atoms with E-state index in [9.17, 15) is 0 Å². The molecule has 2 aliphatic heterocycles. The predicted octanol–water partition coefficient (Wildman–Crippen LogP) is 2.11. The molecular weight excluding hydrogens is 413 g/mol. The van der Waals surface area contributed by atoms with Gasteiger partial charge < -0.3 is 20.1 Å². The first kappa shape index (κ1) is 20.3. The van der Waals surface area contributed by atoms with E-state index < -0.39 is 0 Å². The van der Waals surface area contributed by atoms with E-state index in [1.54, 1.807) is 0 Å². The van der Waals surface area contributed by atoms with Crippen molar-refractivity contribution in [3.63, 3.8) is 0 Å². The first-order valence-electron chi connectivity index (χ1n) is 8.09. The summed E-state index contributed by atoms with van der Waals surface area (Å²) in [6.45, 7) is 4.32. The van der Waals surface area contributed by atoms with E-state index in [0.717, 1.165) is 51.8 Å². The zero-order valence-corrected chi connectivity index (χ0v) is 16.7. The Morgan fingerprint density at radius 1 is 1.41 bits per heavy atom. The van der Waals surface area contributed by atoms with E-state index in [1.807, 2.05) is 18.8 Å². The van der Waals surface area contributed by atoms with Gasteiger partial charge in [0.1, 0.15) is 0 Å². The van der Waals surface area contributed by atoms with Crippen LogP contribution in [0.4, 0.5) is 0 Å². The van der Waals surface area contributed by atoms with Crippen molar-refractivity contribution in [1.29, 1.82) is 0 Å². The summed E-state index contributed by atoms with van der Waals surface area (Å²) in [7, 11) is 1.84. The quantitative estimate of drug-likeness (QED) is 0.273. The number of aliphatic imine (C=N–C) groups is 1. The van der Waals surface area contributed by atoms with E-state index in [4.69, 9.17) is 9.47 Å². The molecule has 2 N–H and O–H groups in total. The van der Waals surface area contributed by atoms with Gasteiger partial charge in [-0.05, 0) is 31.4 Å². The Kier molecular flexibility index (Phi) is 11.7. The van der Waals surface area contributed by atoms with Gasteiger partial charge in [0.25, 0.3) is 0 Å². The summed E-state index contributed by atoms with van der Waals surface area (Å²) in [4.78, 5) is 4.29. The Labute approximate surface area is 155 Å². The molecule has 0 aliphatic carbocycles. The van der Waals surface area contributed by atoms with Crippen LogP contribution in [-0.4, -0.2) is 63.5 Å². The number of nitrogens with zero attached hydrogens (tertiary/aromatic N) is 1. The van der Waals surface area contributed by atoms with E-state index >= 15 is 0 Å². The van der Waals surface area contributed by atoms with Crippen molar-refractivity contribution in [2.24, 2.45) is 10.9 Å². The maximum atomic E-state index is 5.70. The number of hydrogen-bond donors (Lipinski definition) is 2. The van der Waals surface area contributed by atoms with Crippen LogP contribution in [0.1, 0.15) is 25.7 Å². The predicted molar refractivity (Wildman–Crippen MR) is 105 cm³/mol. The average Bonchev–Trinajstić information content (AvgIpc) is 3.04. The van der Waals surface area contributed by atoms with E-state index in [-0.39, 0.29) is 24.0 Å². The van der Waals surface area contributed by atoms with Gasteiger partial charge in [0.2, 0.25) is 0 Å². The maximum absolute atomic E-state index is 5.70. The molecule has 130 valence electrons. The fourth-order valence-corrected chi connectivity index (χ4v) is 3.66. The minimum atomic E-state index is 0. The van der Waals surface area contributed by atoms with Crippen molar-refractivity contribution in [2.75, 3.05) is 51.5 Å². The molecule has 2 heterocycles. The molecule has 22 heavy (non-hydrogen) atoms. The summed E-state index contributed by atoms with van der Waals surface area (Å²) in [5, 5.41) is 6.87. The highest BCUT2D eigenvalue weighted by Crippen LogP contribution is 2.16. The first-order chi connectivity index (χ1) is 10.4. The van der Waals surface area contributed by atoms with Crippen LogP contribution in [0.2, 0.25) is 0 Å². The molecule has 2 fully saturated rings. The zero-order valence-electron chi connectivity index (χ0n) is 13.5. The summed E-state index contributed by atoms with van der Waals surface area (Å²) in [5.74, 6) is 4.02. The van der Waals surface area contributed by atoms with E-state index in [0.29, 0.717) is 12.0 Å². The Morgan fingerprint density at radius 3 is 3.00 bits per heavy atom. The molecule has 2 aliphatic rings. The molecule has 2 saturated heterocycles. The van der Waals surface area contributed by atoms with Crippen molar-refractivity contribution < 1.29 is 9.47 Å². The van der Waals surface area contributed by atoms with E-state index in [1.165, 1.54) is 24.3 Å². The first-order valence-corrected chi connectivity index (χ1v) is 9.24. The molecule has 0 saturated carbocycles. The van der Waals surface area contributed by atoms with Gasteiger partial charge >= 0.3 is 0 Å². The van der Waals surface area contributed by atoms with Crippen LogP contribution in [0, 0.1) is 5.92 Å². The van der Waals surface area contributed by atoms with Crippen molar-refractivity contribution in [1.82, 2.24) is 10.6 Å². The number of halogens is 1. The molecule has 2 unspecified atom stereocenters. The molecule has 0 radical (unpaired) electrons. The molecule has 0 bridgehead atoms. The summed E-state index contributed by atoms with van der Waals surface area (Å²) in [6, 6.07) is 0.563. The summed E-state index contributed by atoms with van der Waals surface area (Å²) in [5.41, 5.74) is 0. The maximum Gasteiger partial charge on any atom is 0.191 e. The van der Waals surface area contributed by atoms with Gasteiger partial charge in [-0.3, -0.25) is 4.99 Å². The fourth-order valence-electron chi connectivity index (χ4n) is 2.59. The summed E-state index contributed by atoms with van der Waals surface area (Å²) < 4.78 is 11.0. The second kappa shape index (κ2) is 12.7. The fraction of sp³-hybridized carbons (Fsp3) is 0.933. The number of ether oxygens (including phenoxy) is 2. The highest BCUT2D eigenvalue weighted by atomic mass is 127. The van der Waals surface area contributed by atoms with Crippen LogP contribution in [0.3, 0.4) is 0 Å². The topological polar surface area (TPSA) is 54.9 Å². The zero-order chi connectivity index (χ0) is 14.8. The lowest BCUT2D eigenvalue weighted by molar-refractivity contribution is 0.0888. The van der Waals surface area contributed by atoms with Crippen molar-refractivity contribution >= 4 is 41.7 Å². The number of rotatable bonds is 7. The lowest BCUT2D eigenvalue weighted by atomic mass is 10.1. The molecule has 0 spiro atoms. The van der Waals surface area contributed by atoms with Crippen LogP contribution in [0.5, 0.6) is 0 Å². The molecule has 2 rings (SSSR count). The minimum absolute atomic E-state index is 0. The second-order valence-electron chi connectivity index (χ2n) is 5.72. The Morgan fingerprint density at radius 2 is 2.32 bits per heavy atom. The third-order valence-corrected chi connectivity index (χ3v) is 5.08. The summed E-state index contributed by atoms with van der Waals surface area (Å²) >= 11 is 2.03.